The Morgan fingerprint density at radius 3 is 2.25 bits per heavy atom. The fourth-order valence-electron chi connectivity index (χ4n) is 3.48. The Hall–Kier alpha value is -2.98. The molecule has 2 aromatic rings. The molecule has 2 aromatic carbocycles. The highest BCUT2D eigenvalue weighted by Gasteiger charge is 2.32. The molecule has 5 nitrogen and oxygen atoms in total. The lowest BCUT2D eigenvalue weighted by Gasteiger charge is -2.40. The van der Waals surface area contributed by atoms with E-state index in [1.54, 1.807) is 30.0 Å². The Morgan fingerprint density at radius 1 is 1.04 bits per heavy atom. The summed E-state index contributed by atoms with van der Waals surface area (Å²) in [6.07, 6.45) is 0. The molecule has 0 saturated carbocycles. The lowest BCUT2D eigenvalue weighted by molar-refractivity contribution is -0.134. The molecular formula is C21H22F2N4O. The van der Waals surface area contributed by atoms with Crippen LogP contribution < -0.4 is 4.90 Å². The summed E-state index contributed by atoms with van der Waals surface area (Å²) < 4.78 is 28.3. The SMILES string of the molecule is CN(C)C(=O)C(c1ccccc1)N1CCN(c2ccc(C#N)c(F)c2F)CC1. The maximum Gasteiger partial charge on any atom is 0.244 e. The number of anilines is 1. The van der Waals surface area contributed by atoms with Crippen LogP contribution in [0.5, 0.6) is 0 Å². The summed E-state index contributed by atoms with van der Waals surface area (Å²) in [5.74, 6) is -2.14. The predicted molar refractivity (Wildman–Crippen MR) is 103 cm³/mol. The topological polar surface area (TPSA) is 50.6 Å². The van der Waals surface area contributed by atoms with Gasteiger partial charge in [0, 0.05) is 40.3 Å². The highest BCUT2D eigenvalue weighted by atomic mass is 19.2. The second kappa shape index (κ2) is 8.36. The lowest BCUT2D eigenvalue weighted by Crippen LogP contribution is -2.51. The van der Waals surface area contributed by atoms with Crippen LogP contribution in [0.15, 0.2) is 42.5 Å². The van der Waals surface area contributed by atoms with Gasteiger partial charge in [-0.15, -0.1) is 0 Å². The van der Waals surface area contributed by atoms with Crippen LogP contribution in [0, 0.1) is 23.0 Å². The van der Waals surface area contributed by atoms with Crippen molar-refractivity contribution in [2.45, 2.75) is 6.04 Å². The number of hydrogen-bond donors (Lipinski definition) is 0. The standard InChI is InChI=1S/C21H22F2N4O/c1-25(2)21(28)20(15-6-4-3-5-7-15)27-12-10-26(11-13-27)17-9-8-16(14-24)18(22)19(17)23/h3-9,20H,10-13H2,1-2H3. The maximum atomic E-state index is 14.3. The maximum absolute atomic E-state index is 14.3. The molecule has 3 rings (SSSR count). The molecule has 7 heteroatoms. The average Bonchev–Trinajstić information content (AvgIpc) is 2.71. The van der Waals surface area contributed by atoms with E-state index in [2.05, 4.69) is 4.90 Å². The van der Waals surface area contributed by atoms with E-state index in [1.807, 2.05) is 30.3 Å². The Balaban J connectivity index is 1.79. The van der Waals surface area contributed by atoms with Gasteiger partial charge in [-0.05, 0) is 17.7 Å². The second-order valence-corrected chi connectivity index (χ2v) is 6.94. The van der Waals surface area contributed by atoms with Crippen LogP contribution in [0.1, 0.15) is 17.2 Å². The first-order chi connectivity index (χ1) is 13.4. The van der Waals surface area contributed by atoms with Crippen molar-refractivity contribution in [2.24, 2.45) is 0 Å². The minimum absolute atomic E-state index is 0.0183. The Kier molecular flexibility index (Phi) is 5.90. The molecular weight excluding hydrogens is 362 g/mol. The summed E-state index contributed by atoms with van der Waals surface area (Å²) >= 11 is 0. The molecule has 0 N–H and O–H groups in total. The van der Waals surface area contributed by atoms with Crippen LogP contribution in [-0.4, -0.2) is 56.0 Å². The largest absolute Gasteiger partial charge is 0.367 e. The number of nitrogens with zero attached hydrogens (tertiary/aromatic N) is 4. The van der Waals surface area contributed by atoms with Crippen molar-refractivity contribution in [3.63, 3.8) is 0 Å². The molecule has 1 aliphatic heterocycles. The van der Waals surface area contributed by atoms with Crippen molar-refractivity contribution in [1.82, 2.24) is 9.80 Å². The van der Waals surface area contributed by atoms with Gasteiger partial charge in [-0.3, -0.25) is 9.69 Å². The molecule has 1 heterocycles. The first-order valence-corrected chi connectivity index (χ1v) is 9.07. The predicted octanol–water partition coefficient (Wildman–Crippen LogP) is 2.79. The van der Waals surface area contributed by atoms with Gasteiger partial charge in [-0.1, -0.05) is 30.3 Å². The Labute approximate surface area is 163 Å². The van der Waals surface area contributed by atoms with E-state index >= 15 is 0 Å². The van der Waals surface area contributed by atoms with Gasteiger partial charge in [-0.25, -0.2) is 8.78 Å². The van der Waals surface area contributed by atoms with E-state index in [-0.39, 0.29) is 17.2 Å². The van der Waals surface area contributed by atoms with Gasteiger partial charge in [0.2, 0.25) is 5.91 Å². The number of nitriles is 1. The number of benzene rings is 2. The van der Waals surface area contributed by atoms with Crippen molar-refractivity contribution in [3.05, 3.63) is 65.2 Å². The summed E-state index contributed by atoms with van der Waals surface area (Å²) in [6.45, 7) is 1.96. The van der Waals surface area contributed by atoms with Crippen LogP contribution in [-0.2, 0) is 4.79 Å². The van der Waals surface area contributed by atoms with Crippen molar-refractivity contribution in [2.75, 3.05) is 45.2 Å². The molecule has 146 valence electrons. The summed E-state index contributed by atoms with van der Waals surface area (Å²) in [7, 11) is 3.45. The molecule has 1 atom stereocenters. The number of likely N-dealkylation sites (N-methyl/N-ethyl adjacent to an activating group) is 1. The molecule has 0 bridgehead atoms. The van der Waals surface area contributed by atoms with E-state index in [9.17, 15) is 13.6 Å². The molecule has 28 heavy (non-hydrogen) atoms. The quantitative estimate of drug-likeness (QED) is 0.814. The third kappa shape index (κ3) is 3.82. The number of halogens is 2. The average molecular weight is 384 g/mol. The van der Waals surface area contributed by atoms with Gasteiger partial charge in [-0.2, -0.15) is 5.26 Å². The van der Waals surface area contributed by atoms with Crippen LogP contribution in [0.4, 0.5) is 14.5 Å². The van der Waals surface area contributed by atoms with Crippen LogP contribution in [0.3, 0.4) is 0 Å². The molecule has 0 radical (unpaired) electrons. The summed E-state index contributed by atoms with van der Waals surface area (Å²) in [5, 5.41) is 8.83. The van der Waals surface area contributed by atoms with E-state index in [0.29, 0.717) is 26.2 Å². The minimum Gasteiger partial charge on any atom is -0.367 e. The molecule has 1 amide bonds. The molecule has 1 unspecified atom stereocenters. The number of piperazine rings is 1. The molecule has 1 saturated heterocycles. The van der Waals surface area contributed by atoms with Gasteiger partial charge in [0.15, 0.2) is 11.6 Å². The van der Waals surface area contributed by atoms with E-state index in [0.717, 1.165) is 5.56 Å². The summed E-state index contributed by atoms with van der Waals surface area (Å²) in [6, 6.07) is 13.5. The second-order valence-electron chi connectivity index (χ2n) is 6.94. The third-order valence-corrected chi connectivity index (χ3v) is 4.99. The van der Waals surface area contributed by atoms with Crippen molar-refractivity contribution in [1.29, 1.82) is 5.26 Å². The lowest BCUT2D eigenvalue weighted by atomic mass is 10.0. The molecule has 1 aliphatic rings. The van der Waals surface area contributed by atoms with Crippen molar-refractivity contribution in [3.8, 4) is 6.07 Å². The highest BCUT2D eigenvalue weighted by Crippen LogP contribution is 2.28. The molecule has 0 spiro atoms. The van der Waals surface area contributed by atoms with Gasteiger partial charge < -0.3 is 9.80 Å². The zero-order chi connectivity index (χ0) is 20.3. The number of hydrogen-bond acceptors (Lipinski definition) is 4. The number of carbonyl (C=O) groups is 1. The zero-order valence-corrected chi connectivity index (χ0v) is 15.9. The zero-order valence-electron chi connectivity index (χ0n) is 15.9. The van der Waals surface area contributed by atoms with Crippen molar-refractivity contribution >= 4 is 11.6 Å². The van der Waals surface area contributed by atoms with Crippen molar-refractivity contribution < 1.29 is 13.6 Å². The van der Waals surface area contributed by atoms with Gasteiger partial charge in [0.25, 0.3) is 0 Å². The minimum atomic E-state index is -1.12. The van der Waals surface area contributed by atoms with Gasteiger partial charge in [0.1, 0.15) is 12.1 Å². The number of carbonyl (C=O) groups excluding carboxylic acids is 1. The van der Waals surface area contributed by atoms with E-state index < -0.39 is 17.7 Å². The van der Waals surface area contributed by atoms with E-state index in [1.165, 1.54) is 12.1 Å². The fourth-order valence-corrected chi connectivity index (χ4v) is 3.48. The fraction of sp³-hybridized carbons (Fsp3) is 0.333. The normalized spacial score (nSPS) is 15.8. The Bertz CT molecular complexity index is 887. The monoisotopic (exact) mass is 384 g/mol. The first kappa shape index (κ1) is 19.8. The summed E-state index contributed by atoms with van der Waals surface area (Å²) in [5.41, 5.74) is 0.747. The summed E-state index contributed by atoms with van der Waals surface area (Å²) in [4.78, 5) is 18.2. The van der Waals surface area contributed by atoms with E-state index in [4.69, 9.17) is 5.26 Å². The van der Waals surface area contributed by atoms with Gasteiger partial charge >= 0.3 is 0 Å². The number of amides is 1. The number of rotatable bonds is 4. The molecule has 0 aromatic heterocycles. The smallest absolute Gasteiger partial charge is 0.244 e. The van der Waals surface area contributed by atoms with Crippen LogP contribution in [0.25, 0.3) is 0 Å². The molecule has 0 aliphatic carbocycles. The highest BCUT2D eigenvalue weighted by molar-refractivity contribution is 5.83. The Morgan fingerprint density at radius 2 is 1.68 bits per heavy atom. The van der Waals surface area contributed by atoms with Crippen LogP contribution in [0.2, 0.25) is 0 Å². The van der Waals surface area contributed by atoms with Gasteiger partial charge in [0.05, 0.1) is 11.3 Å². The third-order valence-electron chi connectivity index (χ3n) is 4.99. The first-order valence-electron chi connectivity index (χ1n) is 9.07. The molecule has 1 fully saturated rings. The van der Waals surface area contributed by atoms with Crippen LogP contribution >= 0.6 is 0 Å².